The molecule has 1 fully saturated rings. The Balaban J connectivity index is 1.88. The molecule has 1 saturated heterocycles. The second kappa shape index (κ2) is 4.98. The molecule has 2 heterocycles. The number of allylic oxidation sites excluding steroid dienone is 1. The van der Waals surface area contributed by atoms with E-state index in [1.807, 2.05) is 30.3 Å². The van der Waals surface area contributed by atoms with Crippen LogP contribution in [0.5, 0.6) is 0 Å². The van der Waals surface area contributed by atoms with E-state index in [2.05, 4.69) is 0 Å². The van der Waals surface area contributed by atoms with Gasteiger partial charge in [-0.2, -0.15) is 0 Å². The Bertz CT molecular complexity index is 702. The third-order valence-electron chi connectivity index (χ3n) is 4.40. The number of benzene rings is 1. The Hall–Kier alpha value is -1.62. The summed E-state index contributed by atoms with van der Waals surface area (Å²) in [6.07, 6.45) is 4.01. The number of hydrogen-bond donors (Lipinski definition) is 0. The van der Waals surface area contributed by atoms with E-state index in [0.717, 1.165) is 24.0 Å². The van der Waals surface area contributed by atoms with Crippen molar-refractivity contribution >= 4 is 21.3 Å². The van der Waals surface area contributed by atoms with E-state index in [9.17, 15) is 13.2 Å². The molecular formula is C16H19NO3S. The fourth-order valence-corrected chi connectivity index (χ4v) is 5.35. The molecule has 4 nitrogen and oxygen atoms in total. The zero-order valence-corrected chi connectivity index (χ0v) is 13.1. The van der Waals surface area contributed by atoms with Gasteiger partial charge in [0.2, 0.25) is 0 Å². The lowest BCUT2D eigenvalue weighted by Crippen LogP contribution is -2.26. The van der Waals surface area contributed by atoms with Crippen molar-refractivity contribution in [1.29, 1.82) is 0 Å². The molecule has 0 radical (unpaired) electrons. The van der Waals surface area contributed by atoms with Gasteiger partial charge in [0, 0.05) is 19.7 Å². The van der Waals surface area contributed by atoms with E-state index >= 15 is 0 Å². The van der Waals surface area contributed by atoms with Crippen molar-refractivity contribution in [2.24, 2.45) is 0 Å². The highest BCUT2D eigenvalue weighted by Gasteiger charge is 2.43. The molecule has 2 bridgehead atoms. The quantitative estimate of drug-likeness (QED) is 0.841. The van der Waals surface area contributed by atoms with E-state index < -0.39 is 9.84 Å². The van der Waals surface area contributed by atoms with Crippen LogP contribution in [-0.4, -0.2) is 43.8 Å². The number of rotatable bonds is 2. The van der Waals surface area contributed by atoms with Gasteiger partial charge in [0.15, 0.2) is 9.84 Å². The first-order chi connectivity index (χ1) is 9.89. The smallest absolute Gasteiger partial charge is 0.253 e. The summed E-state index contributed by atoms with van der Waals surface area (Å²) < 4.78 is 24.2. The van der Waals surface area contributed by atoms with E-state index in [0.29, 0.717) is 12.0 Å². The Morgan fingerprint density at radius 3 is 2.38 bits per heavy atom. The van der Waals surface area contributed by atoms with Crippen LogP contribution in [0.1, 0.15) is 35.2 Å². The summed E-state index contributed by atoms with van der Waals surface area (Å²) in [6.45, 7) is 0. The van der Waals surface area contributed by atoms with Crippen molar-refractivity contribution < 1.29 is 13.2 Å². The molecule has 1 amide bonds. The second-order valence-electron chi connectivity index (χ2n) is 6.00. The van der Waals surface area contributed by atoms with Gasteiger partial charge in [0.25, 0.3) is 5.91 Å². The summed E-state index contributed by atoms with van der Waals surface area (Å²) in [7, 11) is 0.509. The topological polar surface area (TPSA) is 54.5 Å². The second-order valence-corrected chi connectivity index (χ2v) is 8.45. The van der Waals surface area contributed by atoms with Crippen molar-refractivity contribution in [1.82, 2.24) is 4.90 Å². The van der Waals surface area contributed by atoms with E-state index in [-0.39, 0.29) is 16.4 Å². The van der Waals surface area contributed by atoms with E-state index in [1.165, 1.54) is 0 Å². The van der Waals surface area contributed by atoms with Crippen LogP contribution in [0.3, 0.4) is 0 Å². The summed E-state index contributed by atoms with van der Waals surface area (Å²) in [5, 5.41) is -0.528. The third kappa shape index (κ3) is 2.39. The molecule has 0 saturated carbocycles. The van der Waals surface area contributed by atoms with E-state index in [1.54, 1.807) is 19.0 Å². The minimum Gasteiger partial charge on any atom is -0.345 e. The first-order valence-electron chi connectivity index (χ1n) is 7.15. The monoisotopic (exact) mass is 305 g/mol. The molecule has 0 aliphatic carbocycles. The van der Waals surface area contributed by atoms with Crippen LogP contribution in [0.4, 0.5) is 0 Å². The number of fused-ring (bicyclic) bond motifs is 2. The van der Waals surface area contributed by atoms with Crippen LogP contribution in [0.15, 0.2) is 30.3 Å². The van der Waals surface area contributed by atoms with Crippen LogP contribution in [-0.2, 0) is 9.84 Å². The number of sulfone groups is 1. The maximum absolute atomic E-state index is 12.1. The molecule has 0 N–H and O–H groups in total. The van der Waals surface area contributed by atoms with Gasteiger partial charge in [-0.15, -0.1) is 0 Å². The molecule has 112 valence electrons. The molecule has 2 aliphatic heterocycles. The fraction of sp³-hybridized carbons (Fsp3) is 0.438. The molecule has 0 aromatic heterocycles. The first kappa shape index (κ1) is 14.3. The molecule has 2 unspecified atom stereocenters. The molecule has 0 spiro atoms. The summed E-state index contributed by atoms with van der Waals surface area (Å²) in [4.78, 5) is 13.4. The van der Waals surface area contributed by atoms with Crippen LogP contribution < -0.4 is 0 Å². The SMILES string of the molecule is CN(C)C(=O)c1ccc(C2=CC3CCC(C2)S3(=O)=O)cc1. The van der Waals surface area contributed by atoms with Gasteiger partial charge in [-0.3, -0.25) is 4.79 Å². The average molecular weight is 305 g/mol. The number of carbonyl (C=O) groups excluding carboxylic acids is 1. The lowest BCUT2D eigenvalue weighted by atomic mass is 9.99. The predicted molar refractivity (Wildman–Crippen MR) is 82.8 cm³/mol. The Labute approximate surface area is 125 Å². The molecule has 2 aliphatic rings. The largest absolute Gasteiger partial charge is 0.345 e. The predicted octanol–water partition coefficient (Wildman–Crippen LogP) is 2.12. The lowest BCUT2D eigenvalue weighted by Gasteiger charge is -2.20. The van der Waals surface area contributed by atoms with E-state index in [4.69, 9.17) is 0 Å². The van der Waals surface area contributed by atoms with Crippen LogP contribution in [0.25, 0.3) is 5.57 Å². The Morgan fingerprint density at radius 1 is 1.14 bits per heavy atom. The molecule has 1 aromatic carbocycles. The highest BCUT2D eigenvalue weighted by molar-refractivity contribution is 7.93. The molecule has 3 rings (SSSR count). The van der Waals surface area contributed by atoms with Gasteiger partial charge in [-0.25, -0.2) is 8.42 Å². The summed E-state index contributed by atoms with van der Waals surface area (Å²) in [6, 6.07) is 7.45. The fourth-order valence-electron chi connectivity index (χ4n) is 3.16. The molecule has 2 atom stereocenters. The van der Waals surface area contributed by atoms with Crippen LogP contribution in [0.2, 0.25) is 0 Å². The van der Waals surface area contributed by atoms with Crippen molar-refractivity contribution in [3.63, 3.8) is 0 Å². The lowest BCUT2D eigenvalue weighted by molar-refractivity contribution is 0.0827. The highest BCUT2D eigenvalue weighted by Crippen LogP contribution is 2.40. The first-order valence-corrected chi connectivity index (χ1v) is 8.76. The zero-order chi connectivity index (χ0) is 15.2. The van der Waals surface area contributed by atoms with Crippen LogP contribution >= 0.6 is 0 Å². The van der Waals surface area contributed by atoms with Crippen molar-refractivity contribution in [3.05, 3.63) is 41.5 Å². The maximum atomic E-state index is 12.1. The zero-order valence-electron chi connectivity index (χ0n) is 12.2. The minimum atomic E-state index is -2.94. The number of carbonyl (C=O) groups is 1. The van der Waals surface area contributed by atoms with Crippen molar-refractivity contribution in [2.45, 2.75) is 29.8 Å². The molecule has 5 heteroatoms. The molecular weight excluding hydrogens is 286 g/mol. The van der Waals surface area contributed by atoms with Gasteiger partial charge < -0.3 is 4.90 Å². The Kier molecular flexibility index (Phi) is 3.40. The average Bonchev–Trinajstić information content (AvgIpc) is 2.66. The number of hydrogen-bond acceptors (Lipinski definition) is 3. The molecule has 1 aromatic rings. The Morgan fingerprint density at radius 2 is 1.81 bits per heavy atom. The minimum absolute atomic E-state index is 0.0261. The van der Waals surface area contributed by atoms with Gasteiger partial charge in [-0.1, -0.05) is 18.2 Å². The normalized spacial score (nSPS) is 26.3. The number of amides is 1. The van der Waals surface area contributed by atoms with Gasteiger partial charge >= 0.3 is 0 Å². The van der Waals surface area contributed by atoms with Crippen LogP contribution in [0, 0.1) is 0 Å². The number of nitrogens with zero attached hydrogens (tertiary/aromatic N) is 1. The standard InChI is InChI=1S/C16H19NO3S/c1-17(2)16(18)12-5-3-11(4-6-12)13-9-14-7-8-15(10-13)21(14,19)20/h3-6,9,14-15H,7-8,10H2,1-2H3. The van der Waals surface area contributed by atoms with Gasteiger partial charge in [0.05, 0.1) is 10.5 Å². The molecule has 21 heavy (non-hydrogen) atoms. The highest BCUT2D eigenvalue weighted by atomic mass is 32.2. The van der Waals surface area contributed by atoms with Crippen molar-refractivity contribution in [3.8, 4) is 0 Å². The van der Waals surface area contributed by atoms with Crippen molar-refractivity contribution in [2.75, 3.05) is 14.1 Å². The van der Waals surface area contributed by atoms with Gasteiger partial charge in [0.1, 0.15) is 0 Å². The summed E-state index contributed by atoms with van der Waals surface area (Å²) in [5.74, 6) is -0.0261. The maximum Gasteiger partial charge on any atom is 0.253 e. The summed E-state index contributed by atoms with van der Waals surface area (Å²) >= 11 is 0. The van der Waals surface area contributed by atoms with Gasteiger partial charge in [-0.05, 0) is 42.5 Å². The third-order valence-corrected chi connectivity index (χ3v) is 6.95. The summed E-state index contributed by atoms with van der Waals surface area (Å²) in [5.41, 5.74) is 2.77.